The number of rotatable bonds is 46. The zero-order valence-electron chi connectivity index (χ0n) is 79.8. The third kappa shape index (κ3) is 19.2. The summed E-state index contributed by atoms with van der Waals surface area (Å²) in [6.45, 7) is 25.8. The minimum absolute atomic E-state index is 0.0413. The van der Waals surface area contributed by atoms with Crippen LogP contribution in [-0.4, -0.2) is 9.13 Å². The van der Waals surface area contributed by atoms with E-state index in [2.05, 4.69) is 333 Å². The van der Waals surface area contributed by atoms with Gasteiger partial charge in [-0.1, -0.05) is 418 Å². The topological polar surface area (TPSA) is 13.1 Å². The van der Waals surface area contributed by atoms with E-state index in [1.54, 1.807) is 22.3 Å². The summed E-state index contributed by atoms with van der Waals surface area (Å²) < 4.78 is 5.68. The summed E-state index contributed by atoms with van der Waals surface area (Å²) in [6, 6.07) is 97.4. The van der Waals surface area contributed by atoms with Gasteiger partial charge in [-0.25, -0.2) is 0 Å². The van der Waals surface area contributed by atoms with Gasteiger partial charge in [0, 0.05) is 60.8 Å². The van der Waals surface area contributed by atoms with Crippen molar-refractivity contribution in [2.24, 2.45) is 0 Å². The Morgan fingerprint density at radius 2 is 0.654 bits per heavy atom. The molecule has 0 amide bonds. The molecule has 3 heteroatoms. The molecule has 0 fully saturated rings. The fourth-order valence-electron chi connectivity index (χ4n) is 22.8. The Kier molecular flexibility index (Phi) is 29.9. The van der Waals surface area contributed by atoms with Crippen molar-refractivity contribution in [3.63, 3.8) is 0 Å². The number of hydrogen-bond acceptors (Lipinski definition) is 1. The average Bonchev–Trinajstić information content (AvgIpc) is 1.53. The second-order valence-electron chi connectivity index (χ2n) is 39.9. The minimum Gasteiger partial charge on any atom is -0.311 e. The SMILES string of the molecule is CCCCCCCCC1(CCCCCCCC)c2cc(-c3cc(CCCCCC)c(-n4c5ccc(-c6ccccc6)cc5c5ccc6c(c54)C(CCCCCCCC)(CCCCCCCC)c4cc(C)ccc4-6)cc3CCCCCC)ccc2-c2ccc3c4cc(-c5ccccc5)ccc4n(-c4ccc(N(c5ccc(C)cc5)c5ccc(C(C)(C)C)cc5)cc4)c3c21. The molecule has 660 valence electrons. The van der Waals surface area contributed by atoms with Gasteiger partial charge in [-0.3, -0.25) is 0 Å². The first kappa shape index (κ1) is 90.4. The summed E-state index contributed by atoms with van der Waals surface area (Å²) >= 11 is 0. The van der Waals surface area contributed by atoms with Gasteiger partial charge in [0.15, 0.2) is 0 Å². The molecule has 2 aromatic heterocycles. The summed E-state index contributed by atoms with van der Waals surface area (Å²) in [5.41, 5.74) is 38.3. The molecule has 0 bridgehead atoms. The van der Waals surface area contributed by atoms with Crippen LogP contribution in [0, 0.1) is 13.8 Å². The number of aryl methyl sites for hydroxylation is 4. The molecule has 127 heavy (non-hydrogen) atoms. The zero-order chi connectivity index (χ0) is 87.9. The largest absolute Gasteiger partial charge is 0.311 e. The maximum Gasteiger partial charge on any atom is 0.0588 e. The van der Waals surface area contributed by atoms with Crippen molar-refractivity contribution in [2.45, 2.75) is 336 Å². The van der Waals surface area contributed by atoms with Crippen molar-refractivity contribution < 1.29 is 0 Å². The van der Waals surface area contributed by atoms with Crippen LogP contribution in [0.15, 0.2) is 243 Å². The predicted octanol–water partition coefficient (Wildman–Crippen LogP) is 38.0. The number of aromatic nitrogens is 2. The lowest BCUT2D eigenvalue weighted by molar-refractivity contribution is 0.399. The number of anilines is 3. The highest BCUT2D eigenvalue weighted by molar-refractivity contribution is 6.16. The van der Waals surface area contributed by atoms with Gasteiger partial charge in [0.25, 0.3) is 0 Å². The lowest BCUT2D eigenvalue weighted by atomic mass is 9.69. The average molecular weight is 1680 g/mol. The van der Waals surface area contributed by atoms with Gasteiger partial charge < -0.3 is 14.0 Å². The number of unbranched alkanes of at least 4 members (excludes halogenated alkanes) is 26. The Balaban J connectivity index is 0.937. The molecule has 2 aliphatic rings. The quantitative estimate of drug-likeness (QED) is 0.0347. The van der Waals surface area contributed by atoms with Crippen molar-refractivity contribution in [2.75, 3.05) is 4.90 Å². The van der Waals surface area contributed by atoms with Crippen LogP contribution in [0.2, 0.25) is 0 Å². The first-order valence-electron chi connectivity index (χ1n) is 51.1. The van der Waals surface area contributed by atoms with E-state index >= 15 is 0 Å². The van der Waals surface area contributed by atoms with Gasteiger partial charge in [0.2, 0.25) is 0 Å². The van der Waals surface area contributed by atoms with Crippen LogP contribution in [-0.2, 0) is 29.1 Å². The molecule has 3 nitrogen and oxygen atoms in total. The Labute approximate surface area is 765 Å². The van der Waals surface area contributed by atoms with Gasteiger partial charge in [-0.15, -0.1) is 0 Å². The van der Waals surface area contributed by atoms with E-state index in [0.29, 0.717) is 0 Å². The van der Waals surface area contributed by atoms with Crippen LogP contribution in [0.4, 0.5) is 17.1 Å². The van der Waals surface area contributed by atoms with Crippen LogP contribution in [0.5, 0.6) is 0 Å². The molecule has 0 unspecified atom stereocenters. The molecule has 2 aliphatic carbocycles. The highest BCUT2D eigenvalue weighted by Crippen LogP contribution is 2.61. The number of hydrogen-bond donors (Lipinski definition) is 0. The zero-order valence-corrected chi connectivity index (χ0v) is 79.8. The maximum absolute atomic E-state index is 2.93. The molecule has 0 saturated carbocycles. The van der Waals surface area contributed by atoms with E-state index in [-0.39, 0.29) is 16.2 Å². The second-order valence-corrected chi connectivity index (χ2v) is 39.9. The highest BCUT2D eigenvalue weighted by atomic mass is 15.1. The molecule has 2 heterocycles. The van der Waals surface area contributed by atoms with E-state index in [1.807, 2.05) is 0 Å². The fourth-order valence-corrected chi connectivity index (χ4v) is 22.8. The third-order valence-electron chi connectivity index (χ3n) is 29.8. The highest BCUT2D eigenvalue weighted by Gasteiger charge is 2.47. The first-order chi connectivity index (χ1) is 62.2. The van der Waals surface area contributed by atoms with Crippen molar-refractivity contribution in [3.05, 3.63) is 293 Å². The van der Waals surface area contributed by atoms with Gasteiger partial charge in [0.05, 0.1) is 22.1 Å². The Morgan fingerprint density at radius 1 is 0.276 bits per heavy atom. The van der Waals surface area contributed by atoms with Gasteiger partial charge in [-0.05, 0) is 256 Å². The molecular weight excluding hydrogens is 1530 g/mol. The molecule has 0 N–H and O–H groups in total. The van der Waals surface area contributed by atoms with E-state index < -0.39 is 0 Å². The lowest BCUT2D eigenvalue weighted by Crippen LogP contribution is -2.26. The van der Waals surface area contributed by atoms with Gasteiger partial charge in [0.1, 0.15) is 0 Å². The molecule has 14 aromatic rings. The molecule has 12 aromatic carbocycles. The number of nitrogens with zero attached hydrogens (tertiary/aromatic N) is 3. The summed E-state index contributed by atoms with van der Waals surface area (Å²) in [5.74, 6) is 0. The van der Waals surface area contributed by atoms with Gasteiger partial charge >= 0.3 is 0 Å². The van der Waals surface area contributed by atoms with E-state index in [9.17, 15) is 0 Å². The third-order valence-corrected chi connectivity index (χ3v) is 29.8. The standard InChI is InChI=1S/C124H149N3/c1-12-18-24-30-34-46-80-123(81-47-35-31-25-19-13-2)113-84-91(8)58-72-104(113)106-75-77-109-112-86-95(93-52-44-39-45-53-93)61-79-116(112)127(121(109)119(106)123)117-89-96(54-40-28-22-16-5)110(87-98(117)55-41-29-23-17-6)97-59-73-105-107-74-76-108-111-85-94(92-50-42-38-43-51-92)60-78-115(111)126(120(108)118(107)124(114(105)88-97,82-48-36-32-26-20-14-3)83-49-37-33-27-21-15-4)103-70-68-102(69-71-103)125(100-64-56-90(7)57-65-100)101-66-62-99(63-67-101)122(9,10)11/h38-39,42-45,50-53,56-79,84-89H,12-37,40-41,46-49,54-55,80-83H2,1-11H3. The smallest absolute Gasteiger partial charge is 0.0588 e. The lowest BCUT2D eigenvalue weighted by Gasteiger charge is -2.34. The number of fused-ring (bicyclic) bond motifs is 14. The molecule has 0 radical (unpaired) electrons. The molecule has 0 aliphatic heterocycles. The maximum atomic E-state index is 2.93. The van der Waals surface area contributed by atoms with Crippen molar-refractivity contribution in [1.82, 2.24) is 9.13 Å². The second kappa shape index (κ2) is 42.1. The van der Waals surface area contributed by atoms with E-state index in [1.165, 1.54) is 344 Å². The van der Waals surface area contributed by atoms with Crippen LogP contribution in [0.25, 0.3) is 111 Å². The molecule has 0 atom stereocenters. The molecular formula is C124H149N3. The summed E-state index contributed by atoms with van der Waals surface area (Å²) in [5, 5.41) is 5.45. The number of benzene rings is 12. The monoisotopic (exact) mass is 1680 g/mol. The first-order valence-corrected chi connectivity index (χ1v) is 51.1. The fraction of sp³-hybridized carbons (Fsp3) is 0.419. The van der Waals surface area contributed by atoms with E-state index in [4.69, 9.17) is 0 Å². The summed E-state index contributed by atoms with van der Waals surface area (Å²) in [7, 11) is 0. The normalized spacial score (nSPS) is 13.2. The van der Waals surface area contributed by atoms with Crippen LogP contribution in [0.3, 0.4) is 0 Å². The van der Waals surface area contributed by atoms with Crippen molar-refractivity contribution in [1.29, 1.82) is 0 Å². The Hall–Kier alpha value is -9.96. The Morgan fingerprint density at radius 3 is 1.12 bits per heavy atom. The van der Waals surface area contributed by atoms with Crippen LogP contribution in [0.1, 0.15) is 344 Å². The Bertz CT molecular complexity index is 5940. The predicted molar refractivity (Wildman–Crippen MR) is 554 cm³/mol. The molecule has 0 saturated heterocycles. The molecule has 16 rings (SSSR count). The summed E-state index contributed by atoms with van der Waals surface area (Å²) in [4.78, 5) is 2.46. The van der Waals surface area contributed by atoms with Gasteiger partial charge in [-0.2, -0.15) is 0 Å². The summed E-state index contributed by atoms with van der Waals surface area (Å²) in [6.07, 6.45) is 47.0. The van der Waals surface area contributed by atoms with Crippen LogP contribution >= 0.6 is 0 Å². The molecule has 0 spiro atoms. The van der Waals surface area contributed by atoms with Crippen LogP contribution < -0.4 is 4.90 Å². The van der Waals surface area contributed by atoms with E-state index in [0.717, 1.165) is 55.6 Å². The minimum atomic E-state index is -0.273. The van der Waals surface area contributed by atoms with Crippen molar-refractivity contribution >= 4 is 60.7 Å². The van der Waals surface area contributed by atoms with Crippen molar-refractivity contribution in [3.8, 4) is 67.0 Å².